The van der Waals surface area contributed by atoms with Crippen molar-refractivity contribution in [2.24, 2.45) is 0 Å². The molecule has 7 heteroatoms. The van der Waals surface area contributed by atoms with Crippen LogP contribution in [0.2, 0.25) is 0 Å². The van der Waals surface area contributed by atoms with Gasteiger partial charge in [-0.25, -0.2) is 4.79 Å². The summed E-state index contributed by atoms with van der Waals surface area (Å²) >= 11 is 0. The van der Waals surface area contributed by atoms with Gasteiger partial charge in [0.25, 0.3) is 5.89 Å². The highest BCUT2D eigenvalue weighted by Crippen LogP contribution is 2.23. The van der Waals surface area contributed by atoms with Crippen molar-refractivity contribution in [1.29, 1.82) is 0 Å². The third kappa shape index (κ3) is 2.70. The molecule has 7 nitrogen and oxygen atoms in total. The number of hydrogen-bond acceptors (Lipinski definition) is 5. The van der Waals surface area contributed by atoms with Gasteiger partial charge in [-0.2, -0.15) is 4.68 Å². The molecule has 2 aromatic rings. The van der Waals surface area contributed by atoms with Gasteiger partial charge in [0.15, 0.2) is 0 Å². The van der Waals surface area contributed by atoms with Crippen molar-refractivity contribution in [3.8, 4) is 11.5 Å². The normalized spacial score (nSPS) is 22.0. The maximum absolute atomic E-state index is 12.5. The summed E-state index contributed by atoms with van der Waals surface area (Å²) in [4.78, 5) is 26.2. The number of aromatic nitrogens is 2. The van der Waals surface area contributed by atoms with Crippen molar-refractivity contribution in [2.75, 3.05) is 0 Å². The van der Waals surface area contributed by atoms with Crippen LogP contribution >= 0.6 is 0 Å². The van der Waals surface area contributed by atoms with Gasteiger partial charge in [0.1, 0.15) is 12.8 Å². The Morgan fingerprint density at radius 1 is 1.36 bits per heavy atom. The Kier molecular flexibility index (Phi) is 3.87. The lowest BCUT2D eigenvalue weighted by molar-refractivity contribution is -0.138. The monoisotopic (exact) mass is 305 g/mol. The molecule has 0 aliphatic carbocycles. The molecule has 0 saturated carbocycles. The zero-order valence-corrected chi connectivity index (χ0v) is 12.7. The van der Waals surface area contributed by atoms with Crippen LogP contribution in [0.3, 0.4) is 0 Å². The maximum Gasteiger partial charge on any atom is 0.437 e. The molecule has 2 atom stereocenters. The summed E-state index contributed by atoms with van der Waals surface area (Å²) in [5.74, 6) is -0.581. The smallest absolute Gasteiger partial charge is 0.437 e. The largest absolute Gasteiger partial charge is 0.472 e. The Bertz CT molecular complexity index is 691. The zero-order chi connectivity index (χ0) is 15.7. The Morgan fingerprint density at radius 3 is 2.73 bits per heavy atom. The van der Waals surface area contributed by atoms with Crippen molar-refractivity contribution < 1.29 is 13.6 Å². The number of rotatable bonds is 3. The van der Waals surface area contributed by atoms with E-state index in [0.29, 0.717) is 5.56 Å². The van der Waals surface area contributed by atoms with Crippen LogP contribution in [0.15, 0.2) is 32.2 Å². The Morgan fingerprint density at radius 2 is 2.09 bits per heavy atom. The summed E-state index contributed by atoms with van der Waals surface area (Å²) in [5, 5.41) is 4.07. The molecule has 1 saturated heterocycles. The number of piperidine rings is 1. The number of furan rings is 1. The lowest BCUT2D eigenvalue weighted by Crippen LogP contribution is -2.49. The number of carbonyl (C=O) groups excluding carboxylic acids is 1. The number of hydrogen-bond donors (Lipinski definition) is 0. The van der Waals surface area contributed by atoms with Crippen LogP contribution in [0, 0.1) is 0 Å². The second kappa shape index (κ2) is 5.82. The van der Waals surface area contributed by atoms with Gasteiger partial charge in [-0.1, -0.05) is 0 Å². The summed E-state index contributed by atoms with van der Waals surface area (Å²) in [7, 11) is 0. The summed E-state index contributed by atoms with van der Waals surface area (Å²) in [6.07, 6.45) is 6.01. The number of nitrogens with zero attached hydrogens (tertiary/aromatic N) is 3. The van der Waals surface area contributed by atoms with E-state index in [9.17, 15) is 9.59 Å². The van der Waals surface area contributed by atoms with E-state index in [-0.39, 0.29) is 30.4 Å². The molecular formula is C15H19N3O4. The minimum atomic E-state index is -0.637. The average Bonchev–Trinajstić information content (AvgIpc) is 3.09. The number of amides is 1. The summed E-state index contributed by atoms with van der Waals surface area (Å²) < 4.78 is 11.1. The summed E-state index contributed by atoms with van der Waals surface area (Å²) in [6.45, 7) is 3.97. The minimum absolute atomic E-state index is 0.102. The highest BCUT2D eigenvalue weighted by molar-refractivity contribution is 5.76. The SMILES string of the molecule is C[C@@H]1CCC[C@@H](C)N1C(=O)Cn1nc(-c2ccoc2)oc1=O. The molecule has 22 heavy (non-hydrogen) atoms. The zero-order valence-electron chi connectivity index (χ0n) is 12.7. The molecule has 0 N–H and O–H groups in total. The van der Waals surface area contributed by atoms with E-state index >= 15 is 0 Å². The van der Waals surface area contributed by atoms with Gasteiger partial charge in [0, 0.05) is 12.1 Å². The van der Waals surface area contributed by atoms with Crippen LogP contribution < -0.4 is 5.76 Å². The first kappa shape index (κ1) is 14.6. The van der Waals surface area contributed by atoms with E-state index in [1.165, 1.54) is 12.5 Å². The standard InChI is InChI=1S/C15H19N3O4/c1-10-4-3-5-11(2)18(10)13(19)8-17-15(20)22-14(16-17)12-6-7-21-9-12/h6-7,9-11H,3-5,8H2,1-2H3/t10-,11-/m1/s1. The quantitative estimate of drug-likeness (QED) is 0.865. The fraction of sp³-hybridized carbons (Fsp3) is 0.533. The van der Waals surface area contributed by atoms with Gasteiger partial charge >= 0.3 is 5.76 Å². The fourth-order valence-corrected chi connectivity index (χ4v) is 3.03. The molecule has 0 aromatic carbocycles. The van der Waals surface area contributed by atoms with E-state index in [4.69, 9.17) is 8.83 Å². The molecule has 3 heterocycles. The summed E-state index contributed by atoms with van der Waals surface area (Å²) in [5.41, 5.74) is 0.572. The van der Waals surface area contributed by atoms with Crippen molar-refractivity contribution in [1.82, 2.24) is 14.7 Å². The van der Waals surface area contributed by atoms with Crippen LogP contribution in [-0.2, 0) is 11.3 Å². The molecule has 3 rings (SSSR count). The number of carbonyl (C=O) groups is 1. The Labute approximate surface area is 127 Å². The van der Waals surface area contributed by atoms with E-state index in [2.05, 4.69) is 5.10 Å². The van der Waals surface area contributed by atoms with E-state index < -0.39 is 5.76 Å². The van der Waals surface area contributed by atoms with Gasteiger partial charge in [0.05, 0.1) is 11.8 Å². The maximum atomic E-state index is 12.5. The van der Waals surface area contributed by atoms with Gasteiger partial charge in [0.2, 0.25) is 5.91 Å². The molecule has 2 aromatic heterocycles. The molecule has 1 fully saturated rings. The van der Waals surface area contributed by atoms with Crippen molar-refractivity contribution >= 4 is 5.91 Å². The first-order valence-electron chi connectivity index (χ1n) is 7.48. The van der Waals surface area contributed by atoms with Gasteiger partial charge in [-0.3, -0.25) is 4.79 Å². The molecule has 0 radical (unpaired) electrons. The number of likely N-dealkylation sites (tertiary alicyclic amines) is 1. The summed E-state index contributed by atoms with van der Waals surface area (Å²) in [6, 6.07) is 2.02. The van der Waals surface area contributed by atoms with Crippen molar-refractivity contribution in [3.63, 3.8) is 0 Å². The van der Waals surface area contributed by atoms with Crippen LogP contribution in [-0.4, -0.2) is 32.7 Å². The van der Waals surface area contributed by atoms with Crippen LogP contribution in [0.5, 0.6) is 0 Å². The van der Waals surface area contributed by atoms with Crippen LogP contribution in [0.1, 0.15) is 33.1 Å². The van der Waals surface area contributed by atoms with Crippen molar-refractivity contribution in [3.05, 3.63) is 29.1 Å². The molecule has 1 amide bonds. The predicted octanol–water partition coefficient (Wildman–Crippen LogP) is 1.89. The van der Waals surface area contributed by atoms with Gasteiger partial charge in [-0.05, 0) is 39.2 Å². The molecule has 1 aliphatic heterocycles. The van der Waals surface area contributed by atoms with E-state index in [1.807, 2.05) is 18.7 Å². The molecule has 1 aliphatic rings. The molecular weight excluding hydrogens is 286 g/mol. The van der Waals surface area contributed by atoms with Crippen molar-refractivity contribution in [2.45, 2.75) is 51.7 Å². The third-order valence-corrected chi connectivity index (χ3v) is 4.14. The lowest BCUT2D eigenvalue weighted by atomic mass is 9.97. The van der Waals surface area contributed by atoms with Crippen LogP contribution in [0.4, 0.5) is 0 Å². The lowest BCUT2D eigenvalue weighted by Gasteiger charge is -2.38. The second-order valence-corrected chi connectivity index (χ2v) is 5.77. The van der Waals surface area contributed by atoms with Gasteiger partial charge < -0.3 is 13.7 Å². The van der Waals surface area contributed by atoms with Crippen LogP contribution in [0.25, 0.3) is 11.5 Å². The molecule has 0 unspecified atom stereocenters. The first-order chi connectivity index (χ1) is 10.6. The second-order valence-electron chi connectivity index (χ2n) is 5.77. The van der Waals surface area contributed by atoms with E-state index in [0.717, 1.165) is 23.9 Å². The predicted molar refractivity (Wildman–Crippen MR) is 78.1 cm³/mol. The highest BCUT2D eigenvalue weighted by atomic mass is 16.4. The van der Waals surface area contributed by atoms with E-state index in [1.54, 1.807) is 6.07 Å². The molecule has 118 valence electrons. The average molecular weight is 305 g/mol. The molecule has 0 bridgehead atoms. The molecule has 0 spiro atoms. The fourth-order valence-electron chi connectivity index (χ4n) is 3.03. The Balaban J connectivity index is 1.78. The Hall–Kier alpha value is -2.31. The minimum Gasteiger partial charge on any atom is -0.472 e. The third-order valence-electron chi connectivity index (χ3n) is 4.14. The first-order valence-corrected chi connectivity index (χ1v) is 7.48. The topological polar surface area (TPSA) is 81.5 Å². The highest BCUT2D eigenvalue weighted by Gasteiger charge is 2.29. The van der Waals surface area contributed by atoms with Gasteiger partial charge in [-0.15, -0.1) is 5.10 Å².